The third-order valence-electron chi connectivity index (χ3n) is 2.36. The van der Waals surface area contributed by atoms with E-state index in [2.05, 4.69) is 20.7 Å². The number of aliphatic hydroxyl groups is 1. The van der Waals surface area contributed by atoms with E-state index in [9.17, 15) is 0 Å². The highest BCUT2D eigenvalue weighted by Crippen LogP contribution is 2.11. The van der Waals surface area contributed by atoms with Gasteiger partial charge in [0.15, 0.2) is 5.82 Å². The summed E-state index contributed by atoms with van der Waals surface area (Å²) in [5.41, 5.74) is 0.961. The zero-order chi connectivity index (χ0) is 12.1. The molecule has 0 bridgehead atoms. The van der Waals surface area contributed by atoms with Gasteiger partial charge in [0.05, 0.1) is 12.3 Å². The summed E-state index contributed by atoms with van der Waals surface area (Å²) in [5, 5.41) is 19.6. The molecule has 1 unspecified atom stereocenters. The minimum Gasteiger partial charge on any atom is -0.392 e. The van der Waals surface area contributed by atoms with Crippen LogP contribution in [0.15, 0.2) is 24.7 Å². The molecule has 92 valence electrons. The highest BCUT2D eigenvalue weighted by atomic mass is 16.3. The molecule has 2 rings (SSSR count). The van der Waals surface area contributed by atoms with E-state index in [-0.39, 0.29) is 6.10 Å². The minimum absolute atomic E-state index is 0.314. The van der Waals surface area contributed by atoms with E-state index >= 15 is 0 Å². The smallest absolute Gasteiger partial charge is 0.152 e. The molecule has 0 saturated carbocycles. The first-order valence-electron chi connectivity index (χ1n) is 5.68. The van der Waals surface area contributed by atoms with Crippen LogP contribution in [0.1, 0.15) is 6.92 Å². The van der Waals surface area contributed by atoms with Crippen molar-refractivity contribution in [3.05, 3.63) is 24.7 Å². The summed E-state index contributed by atoms with van der Waals surface area (Å²) < 4.78 is 1.78. The maximum absolute atomic E-state index is 9.08. The zero-order valence-electron chi connectivity index (χ0n) is 9.80. The maximum atomic E-state index is 9.08. The van der Waals surface area contributed by atoms with Crippen molar-refractivity contribution in [2.45, 2.75) is 13.0 Å². The zero-order valence-corrected chi connectivity index (χ0v) is 9.80. The van der Waals surface area contributed by atoms with Crippen LogP contribution in [0, 0.1) is 0 Å². The Kier molecular flexibility index (Phi) is 3.89. The highest BCUT2D eigenvalue weighted by molar-refractivity contribution is 5.66. The fourth-order valence-corrected chi connectivity index (χ4v) is 1.57. The van der Waals surface area contributed by atoms with E-state index in [4.69, 9.17) is 5.11 Å². The molecule has 0 aliphatic rings. The number of nitrogens with zero attached hydrogens (tertiary/aromatic N) is 3. The molecule has 6 heteroatoms. The van der Waals surface area contributed by atoms with Crippen LogP contribution in [0.3, 0.4) is 0 Å². The van der Waals surface area contributed by atoms with Gasteiger partial charge >= 0.3 is 0 Å². The lowest BCUT2D eigenvalue weighted by Gasteiger charge is -2.09. The molecule has 17 heavy (non-hydrogen) atoms. The minimum atomic E-state index is -0.314. The first-order valence-corrected chi connectivity index (χ1v) is 5.68. The Morgan fingerprint density at radius 3 is 3.12 bits per heavy atom. The average molecular weight is 235 g/mol. The Morgan fingerprint density at radius 2 is 2.29 bits per heavy atom. The van der Waals surface area contributed by atoms with Crippen LogP contribution in [-0.2, 0) is 0 Å². The van der Waals surface area contributed by atoms with Crippen molar-refractivity contribution >= 4 is 11.3 Å². The summed E-state index contributed by atoms with van der Waals surface area (Å²) in [4.78, 5) is 4.26. The second-order valence-electron chi connectivity index (χ2n) is 3.92. The SMILES string of the molecule is CC(O)CNCCNc1nccn2nccc12. The van der Waals surface area contributed by atoms with Gasteiger partial charge in [0.2, 0.25) is 0 Å². The second kappa shape index (κ2) is 5.60. The van der Waals surface area contributed by atoms with Crippen molar-refractivity contribution < 1.29 is 5.11 Å². The Bertz CT molecular complexity index is 468. The number of nitrogens with one attached hydrogen (secondary N) is 2. The topological polar surface area (TPSA) is 74.5 Å². The number of anilines is 1. The largest absolute Gasteiger partial charge is 0.392 e. The molecule has 0 amide bonds. The Morgan fingerprint density at radius 1 is 1.41 bits per heavy atom. The third kappa shape index (κ3) is 3.15. The lowest BCUT2D eigenvalue weighted by atomic mass is 10.4. The summed E-state index contributed by atoms with van der Waals surface area (Å²) in [5.74, 6) is 0.823. The molecule has 0 aromatic carbocycles. The molecule has 0 saturated heterocycles. The van der Waals surface area contributed by atoms with Crippen LogP contribution in [0.25, 0.3) is 5.52 Å². The quantitative estimate of drug-likeness (QED) is 0.620. The molecule has 2 heterocycles. The van der Waals surface area contributed by atoms with Crippen LogP contribution in [0.2, 0.25) is 0 Å². The van der Waals surface area contributed by atoms with Crippen molar-refractivity contribution in [1.29, 1.82) is 0 Å². The standard InChI is InChI=1S/C11H17N5O/c1-9(17)8-12-4-5-13-11-10-2-3-15-16(10)7-6-14-11/h2-3,6-7,9,12,17H,4-5,8H2,1H3,(H,13,14). The normalized spacial score (nSPS) is 12.8. The van der Waals surface area contributed by atoms with Gasteiger partial charge in [0.1, 0.15) is 5.52 Å². The summed E-state index contributed by atoms with van der Waals surface area (Å²) in [6, 6.07) is 1.92. The molecule has 0 spiro atoms. The molecular weight excluding hydrogens is 218 g/mol. The van der Waals surface area contributed by atoms with Crippen molar-refractivity contribution in [1.82, 2.24) is 19.9 Å². The maximum Gasteiger partial charge on any atom is 0.152 e. The van der Waals surface area contributed by atoms with Crippen molar-refractivity contribution in [3.8, 4) is 0 Å². The van der Waals surface area contributed by atoms with E-state index in [1.807, 2.05) is 12.3 Å². The molecule has 0 radical (unpaired) electrons. The highest BCUT2D eigenvalue weighted by Gasteiger charge is 2.01. The van der Waals surface area contributed by atoms with Crippen LogP contribution >= 0.6 is 0 Å². The molecule has 3 N–H and O–H groups in total. The van der Waals surface area contributed by atoms with E-state index in [0.29, 0.717) is 6.54 Å². The van der Waals surface area contributed by atoms with E-state index in [1.165, 1.54) is 0 Å². The monoisotopic (exact) mass is 235 g/mol. The molecule has 1 atom stereocenters. The van der Waals surface area contributed by atoms with Gasteiger partial charge in [-0.05, 0) is 13.0 Å². The molecule has 0 aliphatic carbocycles. The van der Waals surface area contributed by atoms with Crippen LogP contribution in [0.5, 0.6) is 0 Å². The van der Waals surface area contributed by atoms with Crippen molar-refractivity contribution in [3.63, 3.8) is 0 Å². The second-order valence-corrected chi connectivity index (χ2v) is 3.92. The summed E-state index contributed by atoms with van der Waals surface area (Å²) in [6.45, 7) is 3.90. The number of rotatable bonds is 6. The van der Waals surface area contributed by atoms with E-state index in [0.717, 1.165) is 24.4 Å². The van der Waals surface area contributed by atoms with Gasteiger partial charge in [-0.15, -0.1) is 0 Å². The number of hydrogen-bond acceptors (Lipinski definition) is 5. The fraction of sp³-hybridized carbons (Fsp3) is 0.455. The van der Waals surface area contributed by atoms with Gasteiger partial charge in [-0.1, -0.05) is 0 Å². The van der Waals surface area contributed by atoms with Crippen molar-refractivity contribution in [2.75, 3.05) is 25.0 Å². The van der Waals surface area contributed by atoms with Gasteiger partial charge < -0.3 is 15.7 Å². The molecule has 2 aromatic rings. The summed E-state index contributed by atoms with van der Waals surface area (Å²) >= 11 is 0. The summed E-state index contributed by atoms with van der Waals surface area (Å²) in [7, 11) is 0. The molecule has 2 aromatic heterocycles. The predicted octanol–water partition coefficient (Wildman–Crippen LogP) is 0.112. The molecule has 0 aliphatic heterocycles. The van der Waals surface area contributed by atoms with Gasteiger partial charge in [0.25, 0.3) is 0 Å². The lowest BCUT2D eigenvalue weighted by molar-refractivity contribution is 0.192. The third-order valence-corrected chi connectivity index (χ3v) is 2.36. The Hall–Kier alpha value is -1.66. The molecule has 0 fully saturated rings. The first-order chi connectivity index (χ1) is 8.27. The number of fused-ring (bicyclic) bond motifs is 1. The van der Waals surface area contributed by atoms with Crippen LogP contribution < -0.4 is 10.6 Å². The first kappa shape index (κ1) is 11.8. The van der Waals surface area contributed by atoms with Crippen LogP contribution in [-0.4, -0.2) is 45.4 Å². The fourth-order valence-electron chi connectivity index (χ4n) is 1.57. The predicted molar refractivity (Wildman–Crippen MR) is 66.0 cm³/mol. The Balaban J connectivity index is 1.84. The van der Waals surface area contributed by atoms with Crippen LogP contribution in [0.4, 0.5) is 5.82 Å². The number of hydrogen-bond donors (Lipinski definition) is 3. The van der Waals surface area contributed by atoms with Gasteiger partial charge in [-0.25, -0.2) is 9.50 Å². The van der Waals surface area contributed by atoms with E-state index in [1.54, 1.807) is 23.8 Å². The average Bonchev–Trinajstić information content (AvgIpc) is 2.77. The number of aliphatic hydroxyl groups excluding tert-OH is 1. The van der Waals surface area contributed by atoms with Gasteiger partial charge in [0, 0.05) is 32.0 Å². The van der Waals surface area contributed by atoms with Crippen molar-refractivity contribution in [2.24, 2.45) is 0 Å². The van der Waals surface area contributed by atoms with Gasteiger partial charge in [-0.2, -0.15) is 5.10 Å². The number of aromatic nitrogens is 3. The summed E-state index contributed by atoms with van der Waals surface area (Å²) in [6.07, 6.45) is 4.96. The molecule has 6 nitrogen and oxygen atoms in total. The Labute approximate surface area is 99.7 Å². The lowest BCUT2D eigenvalue weighted by Crippen LogP contribution is -2.29. The van der Waals surface area contributed by atoms with Gasteiger partial charge in [-0.3, -0.25) is 0 Å². The molecular formula is C11H17N5O. The van der Waals surface area contributed by atoms with E-state index < -0.39 is 0 Å².